The summed E-state index contributed by atoms with van der Waals surface area (Å²) in [6.45, 7) is 5.82. The van der Waals surface area contributed by atoms with Crippen LogP contribution < -0.4 is 10.6 Å². The van der Waals surface area contributed by atoms with E-state index in [2.05, 4.69) is 15.6 Å². The molecule has 1 heterocycles. The van der Waals surface area contributed by atoms with Crippen LogP contribution in [-0.4, -0.2) is 16.8 Å². The number of benzene rings is 2. The molecule has 27 heavy (non-hydrogen) atoms. The number of carbonyl (C=O) groups excluding carboxylic acids is 2. The Kier molecular flexibility index (Phi) is 5.31. The van der Waals surface area contributed by atoms with E-state index < -0.39 is 0 Å². The van der Waals surface area contributed by atoms with Crippen molar-refractivity contribution < 1.29 is 9.59 Å². The number of aromatic nitrogens is 1. The summed E-state index contributed by atoms with van der Waals surface area (Å²) < 4.78 is 0. The summed E-state index contributed by atoms with van der Waals surface area (Å²) in [7, 11) is 0. The number of hydrogen-bond donors (Lipinski definition) is 2. The zero-order valence-corrected chi connectivity index (χ0v) is 15.5. The first-order chi connectivity index (χ1) is 12.9. The maximum Gasteiger partial charge on any atom is 0.274 e. The zero-order valence-electron chi connectivity index (χ0n) is 15.5. The van der Waals surface area contributed by atoms with Gasteiger partial charge in [-0.05, 0) is 61.7 Å². The molecule has 0 unspecified atom stereocenters. The molecule has 3 aromatic rings. The van der Waals surface area contributed by atoms with Crippen LogP contribution >= 0.6 is 0 Å². The van der Waals surface area contributed by atoms with Crippen LogP contribution in [0.2, 0.25) is 0 Å². The fourth-order valence-electron chi connectivity index (χ4n) is 2.79. The summed E-state index contributed by atoms with van der Waals surface area (Å²) in [4.78, 5) is 29.3. The highest BCUT2D eigenvalue weighted by atomic mass is 16.2. The maximum atomic E-state index is 12.6. The molecule has 0 fully saturated rings. The SMILES string of the molecule is Cc1cccc(NC(=O)c2cccc(C(=O)Nc3c(C)cccc3C)n2)c1. The van der Waals surface area contributed by atoms with Crippen molar-refractivity contribution in [3.8, 4) is 0 Å². The normalized spacial score (nSPS) is 10.3. The lowest BCUT2D eigenvalue weighted by atomic mass is 10.1. The quantitative estimate of drug-likeness (QED) is 0.720. The van der Waals surface area contributed by atoms with Crippen LogP contribution in [0.4, 0.5) is 11.4 Å². The van der Waals surface area contributed by atoms with Gasteiger partial charge in [0.2, 0.25) is 0 Å². The van der Waals surface area contributed by atoms with Crippen LogP contribution in [0.3, 0.4) is 0 Å². The first-order valence-corrected chi connectivity index (χ1v) is 8.66. The number of anilines is 2. The van der Waals surface area contributed by atoms with Gasteiger partial charge in [-0.2, -0.15) is 0 Å². The molecule has 1 aromatic heterocycles. The Morgan fingerprint density at radius 2 is 1.30 bits per heavy atom. The van der Waals surface area contributed by atoms with E-state index in [1.54, 1.807) is 18.2 Å². The number of hydrogen-bond acceptors (Lipinski definition) is 3. The van der Waals surface area contributed by atoms with Crippen molar-refractivity contribution >= 4 is 23.2 Å². The average molecular weight is 359 g/mol. The topological polar surface area (TPSA) is 71.1 Å². The summed E-state index contributed by atoms with van der Waals surface area (Å²) in [5, 5.41) is 5.68. The molecular formula is C22H21N3O2. The second-order valence-corrected chi connectivity index (χ2v) is 6.45. The van der Waals surface area contributed by atoms with Crippen molar-refractivity contribution in [2.45, 2.75) is 20.8 Å². The average Bonchev–Trinajstić information content (AvgIpc) is 2.65. The molecule has 0 aliphatic rings. The van der Waals surface area contributed by atoms with Gasteiger partial charge in [0.1, 0.15) is 11.4 Å². The van der Waals surface area contributed by atoms with Gasteiger partial charge in [-0.1, -0.05) is 36.4 Å². The minimum Gasteiger partial charge on any atom is -0.321 e. The molecule has 2 amide bonds. The molecule has 0 bridgehead atoms. The van der Waals surface area contributed by atoms with E-state index in [-0.39, 0.29) is 23.2 Å². The number of aryl methyl sites for hydroxylation is 3. The predicted octanol–water partition coefficient (Wildman–Crippen LogP) is 4.51. The molecule has 2 aromatic carbocycles. The number of para-hydroxylation sites is 1. The number of carbonyl (C=O) groups is 2. The minimum atomic E-state index is -0.359. The summed E-state index contributed by atoms with van der Waals surface area (Å²) in [6, 6.07) is 18.1. The Morgan fingerprint density at radius 3 is 1.93 bits per heavy atom. The molecule has 5 nitrogen and oxygen atoms in total. The van der Waals surface area contributed by atoms with E-state index in [0.29, 0.717) is 5.69 Å². The molecule has 0 saturated heterocycles. The molecule has 0 radical (unpaired) electrons. The largest absolute Gasteiger partial charge is 0.321 e. The summed E-state index contributed by atoms with van der Waals surface area (Å²) in [5.74, 6) is -0.708. The van der Waals surface area contributed by atoms with Gasteiger partial charge in [0.15, 0.2) is 0 Å². The lowest BCUT2D eigenvalue weighted by Gasteiger charge is -2.11. The summed E-state index contributed by atoms with van der Waals surface area (Å²) in [6.07, 6.45) is 0. The van der Waals surface area contributed by atoms with E-state index in [4.69, 9.17) is 0 Å². The Balaban J connectivity index is 1.78. The van der Waals surface area contributed by atoms with Gasteiger partial charge in [-0.15, -0.1) is 0 Å². The first-order valence-electron chi connectivity index (χ1n) is 8.66. The van der Waals surface area contributed by atoms with Crippen LogP contribution in [0.1, 0.15) is 37.7 Å². The first kappa shape index (κ1) is 18.3. The van der Waals surface area contributed by atoms with Gasteiger partial charge in [0, 0.05) is 11.4 Å². The van der Waals surface area contributed by atoms with Crippen molar-refractivity contribution in [1.29, 1.82) is 0 Å². The third kappa shape index (κ3) is 4.39. The molecule has 0 atom stereocenters. The van der Waals surface area contributed by atoms with Gasteiger partial charge in [-0.3, -0.25) is 9.59 Å². The second kappa shape index (κ2) is 7.83. The molecule has 0 saturated carbocycles. The van der Waals surface area contributed by atoms with Gasteiger partial charge in [0.05, 0.1) is 0 Å². The Hall–Kier alpha value is -3.47. The molecule has 0 spiro atoms. The standard InChI is InChI=1S/C22H21N3O2/c1-14-7-4-10-17(13-14)23-21(26)18-11-6-12-19(24-18)22(27)25-20-15(2)8-5-9-16(20)3/h4-13H,1-3H3,(H,23,26)(H,25,27). The number of nitrogens with zero attached hydrogens (tertiary/aromatic N) is 1. The second-order valence-electron chi connectivity index (χ2n) is 6.45. The van der Waals surface area contributed by atoms with Crippen LogP contribution in [0.5, 0.6) is 0 Å². The van der Waals surface area contributed by atoms with Crippen molar-refractivity contribution in [3.05, 3.63) is 88.7 Å². The van der Waals surface area contributed by atoms with Crippen molar-refractivity contribution in [2.24, 2.45) is 0 Å². The zero-order chi connectivity index (χ0) is 19.4. The van der Waals surface area contributed by atoms with Crippen LogP contribution in [0, 0.1) is 20.8 Å². The highest BCUT2D eigenvalue weighted by molar-refractivity contribution is 6.06. The Morgan fingerprint density at radius 1 is 0.741 bits per heavy atom. The third-order valence-corrected chi connectivity index (χ3v) is 4.21. The highest BCUT2D eigenvalue weighted by Gasteiger charge is 2.14. The molecule has 0 aliphatic heterocycles. The fourth-order valence-corrected chi connectivity index (χ4v) is 2.79. The molecular weight excluding hydrogens is 338 g/mol. The molecule has 3 rings (SSSR count). The number of rotatable bonds is 4. The Labute approximate surface area is 158 Å². The van der Waals surface area contributed by atoms with Gasteiger partial charge >= 0.3 is 0 Å². The monoisotopic (exact) mass is 359 g/mol. The smallest absolute Gasteiger partial charge is 0.274 e. The predicted molar refractivity (Wildman–Crippen MR) is 107 cm³/mol. The van der Waals surface area contributed by atoms with E-state index >= 15 is 0 Å². The lowest BCUT2D eigenvalue weighted by Crippen LogP contribution is -2.19. The van der Waals surface area contributed by atoms with Crippen molar-refractivity contribution in [3.63, 3.8) is 0 Å². The van der Waals surface area contributed by atoms with Crippen molar-refractivity contribution in [1.82, 2.24) is 4.98 Å². The van der Waals surface area contributed by atoms with E-state index in [9.17, 15) is 9.59 Å². The van der Waals surface area contributed by atoms with Crippen molar-refractivity contribution in [2.75, 3.05) is 10.6 Å². The highest BCUT2D eigenvalue weighted by Crippen LogP contribution is 2.20. The lowest BCUT2D eigenvalue weighted by molar-refractivity contribution is 0.101. The van der Waals surface area contributed by atoms with Gasteiger partial charge in [-0.25, -0.2) is 4.98 Å². The van der Waals surface area contributed by atoms with E-state index in [1.165, 1.54) is 0 Å². The maximum absolute atomic E-state index is 12.6. The molecule has 5 heteroatoms. The number of pyridine rings is 1. The summed E-state index contributed by atoms with van der Waals surface area (Å²) >= 11 is 0. The van der Waals surface area contributed by atoms with E-state index in [0.717, 1.165) is 22.4 Å². The van der Waals surface area contributed by atoms with Crippen LogP contribution in [0.15, 0.2) is 60.7 Å². The molecule has 0 aliphatic carbocycles. The van der Waals surface area contributed by atoms with E-state index in [1.807, 2.05) is 63.2 Å². The molecule has 2 N–H and O–H groups in total. The number of amides is 2. The van der Waals surface area contributed by atoms with Crippen LogP contribution in [0.25, 0.3) is 0 Å². The third-order valence-electron chi connectivity index (χ3n) is 4.21. The molecule has 136 valence electrons. The number of nitrogens with one attached hydrogen (secondary N) is 2. The Bertz CT molecular complexity index is 992. The van der Waals surface area contributed by atoms with Gasteiger partial charge < -0.3 is 10.6 Å². The van der Waals surface area contributed by atoms with Gasteiger partial charge in [0.25, 0.3) is 11.8 Å². The van der Waals surface area contributed by atoms with Crippen LogP contribution in [-0.2, 0) is 0 Å². The summed E-state index contributed by atoms with van der Waals surface area (Å²) in [5.41, 5.74) is 4.81. The fraction of sp³-hybridized carbons (Fsp3) is 0.136. The minimum absolute atomic E-state index is 0.186.